The molecule has 17 heavy (non-hydrogen) atoms. The Kier molecular flexibility index (Phi) is 5.03. The third-order valence-corrected chi connectivity index (χ3v) is 4.37. The largest absolute Gasteiger partial charge is 0.327 e. The molecular formula is C15H32N2. The monoisotopic (exact) mass is 240 g/mol. The number of nitrogens with zero attached hydrogens (tertiary/aromatic N) is 1. The quantitative estimate of drug-likeness (QED) is 0.800. The molecule has 2 N–H and O–H groups in total. The van der Waals surface area contributed by atoms with Crippen LogP contribution in [0.2, 0.25) is 0 Å². The second-order valence-electron chi connectivity index (χ2n) is 7.25. The van der Waals surface area contributed by atoms with Gasteiger partial charge in [-0.2, -0.15) is 0 Å². The summed E-state index contributed by atoms with van der Waals surface area (Å²) in [6.07, 6.45) is 2.59. The van der Waals surface area contributed by atoms with Crippen LogP contribution < -0.4 is 5.73 Å². The molecule has 0 radical (unpaired) electrons. The van der Waals surface area contributed by atoms with Crippen molar-refractivity contribution in [1.29, 1.82) is 0 Å². The summed E-state index contributed by atoms with van der Waals surface area (Å²) in [7, 11) is 0. The minimum atomic E-state index is 0.338. The maximum absolute atomic E-state index is 6.41. The van der Waals surface area contributed by atoms with Gasteiger partial charge in [0.1, 0.15) is 0 Å². The normalized spacial score (nSPS) is 28.6. The van der Waals surface area contributed by atoms with Crippen molar-refractivity contribution in [1.82, 2.24) is 4.90 Å². The maximum Gasteiger partial charge on any atom is 0.0131 e. The molecule has 1 aliphatic rings. The van der Waals surface area contributed by atoms with Gasteiger partial charge >= 0.3 is 0 Å². The number of rotatable bonds is 5. The summed E-state index contributed by atoms with van der Waals surface area (Å²) < 4.78 is 0. The first-order chi connectivity index (χ1) is 7.74. The average Bonchev–Trinajstić information content (AvgIpc) is 2.43. The predicted octanol–water partition coefficient (Wildman–Crippen LogP) is 3.12. The molecule has 1 rings (SSSR count). The Morgan fingerprint density at radius 1 is 1.24 bits per heavy atom. The van der Waals surface area contributed by atoms with E-state index in [1.54, 1.807) is 0 Å². The third-order valence-electron chi connectivity index (χ3n) is 4.37. The predicted molar refractivity (Wildman–Crippen MR) is 76.0 cm³/mol. The highest BCUT2D eigenvalue weighted by Crippen LogP contribution is 2.40. The molecule has 1 saturated carbocycles. The van der Waals surface area contributed by atoms with Gasteiger partial charge in [0.05, 0.1) is 0 Å². The number of hydrogen-bond acceptors (Lipinski definition) is 2. The summed E-state index contributed by atoms with van der Waals surface area (Å²) in [5, 5.41) is 0. The second kappa shape index (κ2) is 5.71. The van der Waals surface area contributed by atoms with Crippen molar-refractivity contribution < 1.29 is 0 Å². The van der Waals surface area contributed by atoms with E-state index in [9.17, 15) is 0 Å². The standard InChI is InChI=1S/C15H32N2/c1-11(2)9-17(12(3)4)10-13-7-8-15(5,6)14(13)16/h11-14H,7-10,16H2,1-6H3. The van der Waals surface area contributed by atoms with Crippen LogP contribution in [0.3, 0.4) is 0 Å². The molecule has 2 unspecified atom stereocenters. The van der Waals surface area contributed by atoms with Crippen LogP contribution in [0.4, 0.5) is 0 Å². The molecule has 0 aliphatic heterocycles. The molecule has 0 aromatic carbocycles. The summed E-state index contributed by atoms with van der Waals surface area (Å²) in [6.45, 7) is 16.2. The van der Waals surface area contributed by atoms with Crippen LogP contribution >= 0.6 is 0 Å². The zero-order valence-corrected chi connectivity index (χ0v) is 12.7. The highest BCUT2D eigenvalue weighted by Gasteiger charge is 2.40. The lowest BCUT2D eigenvalue weighted by Gasteiger charge is -2.34. The molecule has 0 heterocycles. The van der Waals surface area contributed by atoms with Gasteiger partial charge in [-0.25, -0.2) is 0 Å². The zero-order chi connectivity index (χ0) is 13.2. The van der Waals surface area contributed by atoms with Gasteiger partial charge in [-0.15, -0.1) is 0 Å². The molecule has 2 heteroatoms. The maximum atomic E-state index is 6.41. The minimum Gasteiger partial charge on any atom is -0.327 e. The molecule has 0 spiro atoms. The molecule has 0 bridgehead atoms. The summed E-state index contributed by atoms with van der Waals surface area (Å²) >= 11 is 0. The highest BCUT2D eigenvalue weighted by atomic mass is 15.2. The van der Waals surface area contributed by atoms with Gasteiger partial charge in [0, 0.05) is 25.2 Å². The summed E-state index contributed by atoms with van der Waals surface area (Å²) in [6, 6.07) is 1.00. The van der Waals surface area contributed by atoms with E-state index in [0.29, 0.717) is 23.4 Å². The molecule has 102 valence electrons. The molecule has 1 aliphatic carbocycles. The van der Waals surface area contributed by atoms with Crippen molar-refractivity contribution in [3.8, 4) is 0 Å². The van der Waals surface area contributed by atoms with Gasteiger partial charge in [-0.1, -0.05) is 27.7 Å². The van der Waals surface area contributed by atoms with Crippen LogP contribution in [-0.2, 0) is 0 Å². The fourth-order valence-electron chi connectivity index (χ4n) is 3.01. The Labute approximate surface area is 108 Å². The summed E-state index contributed by atoms with van der Waals surface area (Å²) in [4.78, 5) is 2.61. The van der Waals surface area contributed by atoms with Gasteiger partial charge in [0.25, 0.3) is 0 Å². The third kappa shape index (κ3) is 3.96. The lowest BCUT2D eigenvalue weighted by Crippen LogP contribution is -2.45. The van der Waals surface area contributed by atoms with Gasteiger partial charge in [0.2, 0.25) is 0 Å². The van der Waals surface area contributed by atoms with Crippen LogP contribution in [0.25, 0.3) is 0 Å². The molecule has 1 fully saturated rings. The van der Waals surface area contributed by atoms with E-state index in [1.165, 1.54) is 25.9 Å². The van der Waals surface area contributed by atoms with Crippen molar-refractivity contribution in [3.05, 3.63) is 0 Å². The van der Waals surface area contributed by atoms with E-state index in [0.717, 1.165) is 5.92 Å². The zero-order valence-electron chi connectivity index (χ0n) is 12.7. The molecular weight excluding hydrogens is 208 g/mol. The Bertz CT molecular complexity index is 233. The Morgan fingerprint density at radius 2 is 1.82 bits per heavy atom. The van der Waals surface area contributed by atoms with E-state index in [4.69, 9.17) is 5.73 Å². The lowest BCUT2D eigenvalue weighted by molar-refractivity contribution is 0.154. The second-order valence-corrected chi connectivity index (χ2v) is 7.25. The Hall–Kier alpha value is -0.0800. The SMILES string of the molecule is CC(C)CN(CC1CCC(C)(C)C1N)C(C)C. The average molecular weight is 240 g/mol. The van der Waals surface area contributed by atoms with Crippen LogP contribution in [0.1, 0.15) is 54.4 Å². The highest BCUT2D eigenvalue weighted by molar-refractivity contribution is 4.95. The molecule has 2 atom stereocenters. The van der Waals surface area contributed by atoms with Crippen molar-refractivity contribution in [2.75, 3.05) is 13.1 Å². The topological polar surface area (TPSA) is 29.3 Å². The fourth-order valence-corrected chi connectivity index (χ4v) is 3.01. The number of nitrogens with two attached hydrogens (primary N) is 1. The minimum absolute atomic E-state index is 0.338. The van der Waals surface area contributed by atoms with E-state index < -0.39 is 0 Å². The molecule has 0 aromatic rings. The first-order valence-electron chi connectivity index (χ1n) is 7.23. The van der Waals surface area contributed by atoms with Crippen LogP contribution in [0.5, 0.6) is 0 Å². The summed E-state index contributed by atoms with van der Waals surface area (Å²) in [5.41, 5.74) is 6.75. The van der Waals surface area contributed by atoms with Crippen molar-refractivity contribution in [2.24, 2.45) is 23.0 Å². The van der Waals surface area contributed by atoms with Gasteiger partial charge < -0.3 is 10.6 Å². The van der Waals surface area contributed by atoms with E-state index in [1.807, 2.05) is 0 Å². The molecule has 2 nitrogen and oxygen atoms in total. The molecule has 0 saturated heterocycles. The van der Waals surface area contributed by atoms with Crippen LogP contribution in [0, 0.1) is 17.3 Å². The lowest BCUT2D eigenvalue weighted by atomic mass is 9.85. The van der Waals surface area contributed by atoms with Crippen molar-refractivity contribution in [3.63, 3.8) is 0 Å². The molecule has 0 amide bonds. The molecule has 0 aromatic heterocycles. The first-order valence-corrected chi connectivity index (χ1v) is 7.23. The number of hydrogen-bond donors (Lipinski definition) is 1. The van der Waals surface area contributed by atoms with E-state index in [2.05, 4.69) is 46.4 Å². The van der Waals surface area contributed by atoms with Crippen molar-refractivity contribution in [2.45, 2.75) is 66.5 Å². The Morgan fingerprint density at radius 3 is 2.18 bits per heavy atom. The fraction of sp³-hybridized carbons (Fsp3) is 1.00. The van der Waals surface area contributed by atoms with Gasteiger partial charge in [-0.05, 0) is 43.9 Å². The first kappa shape index (κ1) is 15.0. The van der Waals surface area contributed by atoms with Crippen molar-refractivity contribution >= 4 is 0 Å². The van der Waals surface area contributed by atoms with Crippen LogP contribution in [-0.4, -0.2) is 30.1 Å². The van der Waals surface area contributed by atoms with E-state index >= 15 is 0 Å². The van der Waals surface area contributed by atoms with Gasteiger partial charge in [0.15, 0.2) is 0 Å². The Balaban J connectivity index is 2.57. The van der Waals surface area contributed by atoms with Gasteiger partial charge in [-0.3, -0.25) is 0 Å². The summed E-state index contributed by atoms with van der Waals surface area (Å²) in [5.74, 6) is 1.43. The van der Waals surface area contributed by atoms with E-state index in [-0.39, 0.29) is 0 Å². The van der Waals surface area contributed by atoms with Crippen LogP contribution in [0.15, 0.2) is 0 Å². The smallest absolute Gasteiger partial charge is 0.0131 e.